The van der Waals surface area contributed by atoms with Crippen LogP contribution < -0.4 is 10.6 Å². The minimum atomic E-state index is -0.716. The van der Waals surface area contributed by atoms with Gasteiger partial charge in [-0.2, -0.15) is 0 Å². The highest BCUT2D eigenvalue weighted by atomic mass is 16.5. The number of aromatic nitrogens is 4. The van der Waals surface area contributed by atoms with Crippen LogP contribution in [0.25, 0.3) is 22.5 Å². The number of hydrogen-bond donors (Lipinski definition) is 4. The summed E-state index contributed by atoms with van der Waals surface area (Å²) in [6.07, 6.45) is 13.1. The molecule has 4 heterocycles. The lowest BCUT2D eigenvalue weighted by Gasteiger charge is -2.34. The van der Waals surface area contributed by atoms with Gasteiger partial charge in [0.05, 0.1) is 51.1 Å². The molecule has 2 aromatic heterocycles. The number of methoxy groups -OCH3 is 2. The molecule has 4 aliphatic rings. The summed E-state index contributed by atoms with van der Waals surface area (Å²) in [5.41, 5.74) is 7.41. The number of hydrogen-bond acceptors (Lipinski definition) is 10. The number of imidazole rings is 2. The summed E-state index contributed by atoms with van der Waals surface area (Å²) in [5.74, 6) is 9.03. The van der Waals surface area contributed by atoms with E-state index >= 15 is 0 Å². The molecule has 4 fully saturated rings. The molecular formula is C54H68N8O8. The first kappa shape index (κ1) is 51.2. The van der Waals surface area contributed by atoms with E-state index in [4.69, 9.17) is 28.9 Å². The number of carbonyl (C=O) groups excluding carboxylic acids is 4. The number of alkyl carbamates (subject to hydrolysis) is 2. The van der Waals surface area contributed by atoms with E-state index in [0.717, 1.165) is 44.8 Å². The van der Waals surface area contributed by atoms with Crippen molar-refractivity contribution in [3.05, 3.63) is 82.7 Å². The molecule has 0 radical (unpaired) electrons. The Kier molecular flexibility index (Phi) is 16.7. The van der Waals surface area contributed by atoms with E-state index in [1.807, 2.05) is 47.9 Å². The van der Waals surface area contributed by atoms with E-state index in [2.05, 4.69) is 85.1 Å². The van der Waals surface area contributed by atoms with Crippen LogP contribution in [0.15, 0.2) is 48.8 Å². The van der Waals surface area contributed by atoms with E-state index in [0.29, 0.717) is 87.4 Å². The molecule has 4 N–H and O–H groups in total. The van der Waals surface area contributed by atoms with E-state index in [1.54, 1.807) is 12.4 Å². The third-order valence-electron chi connectivity index (χ3n) is 15.0. The minimum absolute atomic E-state index is 0.0387. The van der Waals surface area contributed by atoms with Gasteiger partial charge in [0.2, 0.25) is 11.8 Å². The van der Waals surface area contributed by atoms with Crippen molar-refractivity contribution in [2.45, 2.75) is 104 Å². The average Bonchev–Trinajstić information content (AvgIpc) is 3.86. The summed E-state index contributed by atoms with van der Waals surface area (Å²) in [6.45, 7) is 15.4. The molecule has 2 aliphatic carbocycles. The zero-order valence-electron chi connectivity index (χ0n) is 41.7. The first-order chi connectivity index (χ1) is 33.8. The van der Waals surface area contributed by atoms with Crippen molar-refractivity contribution < 1.29 is 38.1 Å². The Morgan fingerprint density at radius 1 is 0.657 bits per heavy atom. The number of H-pyrrole nitrogens is 2. The molecule has 8 atom stereocenters. The molecule has 0 bridgehead atoms. The van der Waals surface area contributed by atoms with Gasteiger partial charge in [0, 0.05) is 49.6 Å². The molecule has 2 saturated heterocycles. The van der Waals surface area contributed by atoms with Crippen LogP contribution in [0.3, 0.4) is 0 Å². The topological polar surface area (TPSA) is 193 Å². The second-order valence-electron chi connectivity index (χ2n) is 19.3. The SMILES string of the molecule is C#C.COC(=O)NC(C(=O)N(Cc1ncc(-c2ccc(C#Cc3ccc(-c4cnc(CN(C(=O)C(NC(=O)OC)C5CCOCC5)C5C(C)[C@H]5C)[nH]4)cc3C)c(C)c2)[nH]1)C1C(C)[C@H]1C)C1CCOCC1. The lowest BCUT2D eigenvalue weighted by molar-refractivity contribution is -0.138. The quantitative estimate of drug-likeness (QED) is 0.0957. The number of aromatic amines is 2. The zero-order valence-corrected chi connectivity index (χ0v) is 41.7. The first-order valence-electron chi connectivity index (χ1n) is 24.4. The van der Waals surface area contributed by atoms with Crippen molar-refractivity contribution in [2.24, 2.45) is 35.5 Å². The van der Waals surface area contributed by atoms with E-state index in [-0.39, 0.29) is 48.8 Å². The van der Waals surface area contributed by atoms with Crippen molar-refractivity contribution in [2.75, 3.05) is 40.6 Å². The fraction of sp³-hybridized carbons (Fsp3) is 0.519. The Hall–Kier alpha value is -6.62. The number of ether oxygens (including phenoxy) is 4. The molecular weight excluding hydrogens is 889 g/mol. The second kappa shape index (κ2) is 22.9. The number of nitrogens with zero attached hydrogens (tertiary/aromatic N) is 4. The maximum Gasteiger partial charge on any atom is 0.407 e. The number of carbonyl (C=O) groups is 4. The third-order valence-corrected chi connectivity index (χ3v) is 15.0. The summed E-state index contributed by atoms with van der Waals surface area (Å²) in [5, 5.41) is 5.69. The second-order valence-corrected chi connectivity index (χ2v) is 19.3. The van der Waals surface area contributed by atoms with Crippen LogP contribution in [-0.4, -0.2) is 119 Å². The number of nitrogens with one attached hydrogen (secondary N) is 4. The van der Waals surface area contributed by atoms with Gasteiger partial charge in [0.1, 0.15) is 23.7 Å². The number of terminal acetylenes is 1. The Morgan fingerprint density at radius 2 is 1.01 bits per heavy atom. The lowest BCUT2D eigenvalue weighted by Crippen LogP contribution is -2.54. The van der Waals surface area contributed by atoms with Crippen LogP contribution in [0.5, 0.6) is 0 Å². The summed E-state index contributed by atoms with van der Waals surface area (Å²) in [4.78, 5) is 73.5. The molecule has 2 aromatic carbocycles. The fourth-order valence-electron chi connectivity index (χ4n) is 10.2. The Balaban J connectivity index is 0.00000356. The molecule has 8 rings (SSSR count). The normalized spacial score (nSPS) is 22.7. The van der Waals surface area contributed by atoms with Gasteiger partial charge in [-0.05, 0) is 122 Å². The molecule has 2 aliphatic heterocycles. The van der Waals surface area contributed by atoms with Crippen molar-refractivity contribution in [3.63, 3.8) is 0 Å². The van der Waals surface area contributed by atoms with Crippen LogP contribution in [-0.2, 0) is 41.6 Å². The largest absolute Gasteiger partial charge is 0.453 e. The van der Waals surface area contributed by atoms with Crippen LogP contribution in [0.1, 0.15) is 87.3 Å². The van der Waals surface area contributed by atoms with Crippen molar-refractivity contribution in [1.82, 2.24) is 40.4 Å². The lowest BCUT2D eigenvalue weighted by atomic mass is 9.90. The molecule has 16 heteroatoms. The molecule has 372 valence electrons. The predicted molar refractivity (Wildman–Crippen MR) is 264 cm³/mol. The Bertz CT molecular complexity index is 2390. The Labute approximate surface area is 411 Å². The molecule has 6 unspecified atom stereocenters. The van der Waals surface area contributed by atoms with Crippen molar-refractivity contribution >= 4 is 24.0 Å². The minimum Gasteiger partial charge on any atom is -0.453 e. The molecule has 4 aromatic rings. The predicted octanol–water partition coefficient (Wildman–Crippen LogP) is 7.00. The van der Waals surface area contributed by atoms with Gasteiger partial charge >= 0.3 is 12.2 Å². The number of rotatable bonds is 14. The number of benzene rings is 2. The Morgan fingerprint density at radius 3 is 1.33 bits per heavy atom. The maximum atomic E-state index is 14.3. The van der Waals surface area contributed by atoms with Gasteiger partial charge < -0.3 is 49.3 Å². The van der Waals surface area contributed by atoms with Gasteiger partial charge in [-0.15, -0.1) is 12.8 Å². The van der Waals surface area contributed by atoms with Crippen LogP contribution >= 0.6 is 0 Å². The van der Waals surface area contributed by atoms with Crippen molar-refractivity contribution in [3.8, 4) is 47.2 Å². The smallest absolute Gasteiger partial charge is 0.407 e. The van der Waals surface area contributed by atoms with Gasteiger partial charge in [0.25, 0.3) is 0 Å². The zero-order chi connectivity index (χ0) is 50.2. The summed E-state index contributed by atoms with van der Waals surface area (Å²) in [6, 6.07) is 10.9. The molecule has 16 nitrogen and oxygen atoms in total. The summed E-state index contributed by atoms with van der Waals surface area (Å²) >= 11 is 0. The van der Waals surface area contributed by atoms with Gasteiger partial charge in [-0.3, -0.25) is 9.59 Å². The van der Waals surface area contributed by atoms with Crippen LogP contribution in [0.4, 0.5) is 9.59 Å². The monoisotopic (exact) mass is 957 g/mol. The fourth-order valence-corrected chi connectivity index (χ4v) is 10.2. The third kappa shape index (κ3) is 11.7. The van der Waals surface area contributed by atoms with Gasteiger partial charge in [-0.1, -0.05) is 51.7 Å². The van der Waals surface area contributed by atoms with Crippen LogP contribution in [0, 0.1) is 74.0 Å². The van der Waals surface area contributed by atoms with Gasteiger partial charge in [0.15, 0.2) is 0 Å². The van der Waals surface area contributed by atoms with E-state index in [9.17, 15) is 19.2 Å². The molecule has 2 saturated carbocycles. The van der Waals surface area contributed by atoms with Gasteiger partial charge in [-0.25, -0.2) is 19.6 Å². The maximum absolute atomic E-state index is 14.3. The number of aryl methyl sites for hydroxylation is 2. The van der Waals surface area contributed by atoms with E-state index in [1.165, 1.54) is 14.2 Å². The molecule has 0 spiro atoms. The highest BCUT2D eigenvalue weighted by molar-refractivity contribution is 5.87. The molecule has 70 heavy (non-hydrogen) atoms. The average molecular weight is 957 g/mol. The molecule has 4 amide bonds. The highest BCUT2D eigenvalue weighted by Crippen LogP contribution is 2.45. The number of amides is 4. The van der Waals surface area contributed by atoms with Crippen molar-refractivity contribution in [1.29, 1.82) is 0 Å². The van der Waals surface area contributed by atoms with E-state index < -0.39 is 24.3 Å². The van der Waals surface area contributed by atoms with Crippen LogP contribution in [0.2, 0.25) is 0 Å². The standard InChI is InChI=1S/C52H66N8O8.C2H2/c1-29-23-39(41-25-53-43(55-41)27-59(47-31(3)32(47)4)49(61)45(57-51(63)65-7)37-15-19-67-20-16-37)13-11-35(29)9-10-36-12-14-40(24-30(36)2)42-26-54-44(56-42)28-60(48-33(5)34(48)6)50(62)46(58-52(64)66-8)38-17-21-68-22-18-38;1-2/h11-14,23-26,31-34,37-38,45-48H,15-22,27-28H2,1-8H3,(H,53,55)(H,54,56)(H,57,63)(H,58,64);1-2H/t31-,32?,33-,34?,45?,46?,47?,48?;/m1./s1. The summed E-state index contributed by atoms with van der Waals surface area (Å²) in [7, 11) is 2.62. The summed E-state index contributed by atoms with van der Waals surface area (Å²) < 4.78 is 21.0. The highest BCUT2D eigenvalue weighted by Gasteiger charge is 2.52. The first-order valence-corrected chi connectivity index (χ1v) is 24.4.